The Kier molecular flexibility index (Phi) is 2.96. The van der Waals surface area contributed by atoms with Gasteiger partial charge < -0.3 is 15.6 Å². The molecule has 1 rings (SSSR count). The molecule has 0 radical (unpaired) electrons. The number of anilines is 1. The number of ether oxygens (including phenoxy) is 1. The molecule has 0 aromatic heterocycles. The molecule has 0 fully saturated rings. The molecule has 1 aromatic rings. The summed E-state index contributed by atoms with van der Waals surface area (Å²) >= 11 is 0. The highest BCUT2D eigenvalue weighted by molar-refractivity contribution is 5.79. The molecule has 0 heterocycles. The molecule has 76 valence electrons. The zero-order chi connectivity index (χ0) is 10.7. The molecule has 3 N–H and O–H groups in total. The van der Waals surface area contributed by atoms with Gasteiger partial charge in [0.25, 0.3) is 0 Å². The van der Waals surface area contributed by atoms with Crippen LogP contribution in [0.2, 0.25) is 0 Å². The van der Waals surface area contributed by atoms with Gasteiger partial charge in [-0.1, -0.05) is 12.1 Å². The summed E-state index contributed by atoms with van der Waals surface area (Å²) in [4.78, 5) is 11.2. The van der Waals surface area contributed by atoms with Crippen LogP contribution in [-0.2, 0) is 9.53 Å². The molecule has 0 amide bonds. The topological polar surface area (TPSA) is 72.5 Å². The highest BCUT2D eigenvalue weighted by atomic mass is 16.5. The van der Waals surface area contributed by atoms with Crippen molar-refractivity contribution in [2.75, 3.05) is 12.8 Å². The number of rotatable bonds is 2. The minimum atomic E-state index is -0.511. The maximum Gasteiger partial charge on any atom is 0.312 e. The van der Waals surface area contributed by atoms with Crippen LogP contribution in [0.15, 0.2) is 18.2 Å². The molecule has 1 unspecified atom stereocenters. The van der Waals surface area contributed by atoms with Gasteiger partial charge in [-0.15, -0.1) is 0 Å². The summed E-state index contributed by atoms with van der Waals surface area (Å²) < 4.78 is 4.57. The number of aromatic hydroxyl groups is 1. The van der Waals surface area contributed by atoms with Crippen molar-refractivity contribution in [1.82, 2.24) is 0 Å². The average Bonchev–Trinajstić information content (AvgIpc) is 2.20. The van der Waals surface area contributed by atoms with Gasteiger partial charge in [0.05, 0.1) is 18.7 Å². The second kappa shape index (κ2) is 4.00. The number of methoxy groups -OCH3 is 1. The van der Waals surface area contributed by atoms with E-state index in [1.165, 1.54) is 7.11 Å². The fourth-order valence-electron chi connectivity index (χ4n) is 1.23. The Labute approximate surface area is 82.3 Å². The Morgan fingerprint density at radius 1 is 1.57 bits per heavy atom. The van der Waals surface area contributed by atoms with E-state index in [0.29, 0.717) is 5.56 Å². The van der Waals surface area contributed by atoms with E-state index < -0.39 is 11.9 Å². The number of benzene rings is 1. The Morgan fingerprint density at radius 2 is 2.21 bits per heavy atom. The second-order valence-corrected chi connectivity index (χ2v) is 3.03. The van der Waals surface area contributed by atoms with Gasteiger partial charge >= 0.3 is 5.97 Å². The number of carbonyl (C=O) groups excluding carboxylic acids is 1. The fourth-order valence-corrected chi connectivity index (χ4v) is 1.23. The van der Waals surface area contributed by atoms with Crippen LogP contribution < -0.4 is 5.73 Å². The van der Waals surface area contributed by atoms with E-state index in [1.807, 2.05) is 0 Å². The summed E-state index contributed by atoms with van der Waals surface area (Å²) in [5, 5.41) is 9.58. The molecule has 0 saturated heterocycles. The van der Waals surface area contributed by atoms with Gasteiger partial charge in [0, 0.05) is 5.56 Å². The number of phenolic OH excluding ortho intramolecular Hbond substituents is 1. The molecule has 4 heteroatoms. The van der Waals surface area contributed by atoms with Gasteiger partial charge in [0.2, 0.25) is 0 Å². The first-order valence-electron chi connectivity index (χ1n) is 4.23. The van der Waals surface area contributed by atoms with E-state index >= 15 is 0 Å². The lowest BCUT2D eigenvalue weighted by Gasteiger charge is -2.12. The summed E-state index contributed by atoms with van der Waals surface area (Å²) in [6.07, 6.45) is 0. The standard InChI is InChI=1S/C10H13NO3/c1-6(10(13)14-2)7-4-3-5-8(11)9(7)12/h3-6,12H,11H2,1-2H3. The summed E-state index contributed by atoms with van der Waals surface area (Å²) in [5.41, 5.74) is 6.24. The van der Waals surface area contributed by atoms with Crippen molar-refractivity contribution in [2.45, 2.75) is 12.8 Å². The van der Waals surface area contributed by atoms with Crippen molar-refractivity contribution in [3.63, 3.8) is 0 Å². The van der Waals surface area contributed by atoms with Crippen molar-refractivity contribution in [3.8, 4) is 5.75 Å². The molecule has 0 aliphatic rings. The Hall–Kier alpha value is -1.71. The van der Waals surface area contributed by atoms with Gasteiger partial charge in [-0.2, -0.15) is 0 Å². The van der Waals surface area contributed by atoms with Crippen LogP contribution in [-0.4, -0.2) is 18.2 Å². The molecule has 4 nitrogen and oxygen atoms in total. The highest BCUT2D eigenvalue weighted by Gasteiger charge is 2.19. The van der Waals surface area contributed by atoms with Crippen LogP contribution in [0.25, 0.3) is 0 Å². The van der Waals surface area contributed by atoms with E-state index in [1.54, 1.807) is 25.1 Å². The third-order valence-corrected chi connectivity index (χ3v) is 2.12. The van der Waals surface area contributed by atoms with E-state index in [-0.39, 0.29) is 11.4 Å². The van der Waals surface area contributed by atoms with E-state index in [0.717, 1.165) is 0 Å². The molecule has 0 spiro atoms. The first-order chi connectivity index (χ1) is 6.57. The first kappa shape index (κ1) is 10.4. The van der Waals surface area contributed by atoms with Crippen LogP contribution in [0.4, 0.5) is 5.69 Å². The number of hydrogen-bond acceptors (Lipinski definition) is 4. The normalized spacial score (nSPS) is 12.1. The van der Waals surface area contributed by atoms with Gasteiger partial charge in [0.15, 0.2) is 0 Å². The van der Waals surface area contributed by atoms with Crippen molar-refractivity contribution in [1.29, 1.82) is 0 Å². The molecule has 14 heavy (non-hydrogen) atoms. The van der Waals surface area contributed by atoms with Gasteiger partial charge in [0.1, 0.15) is 5.75 Å². The number of esters is 1. The van der Waals surface area contributed by atoms with Crippen LogP contribution in [0.5, 0.6) is 5.75 Å². The molecule has 0 bridgehead atoms. The Balaban J connectivity index is 3.07. The number of carbonyl (C=O) groups is 1. The zero-order valence-corrected chi connectivity index (χ0v) is 8.15. The van der Waals surface area contributed by atoms with Gasteiger partial charge in [-0.25, -0.2) is 0 Å². The number of nitrogens with two attached hydrogens (primary N) is 1. The zero-order valence-electron chi connectivity index (χ0n) is 8.15. The number of nitrogen functional groups attached to an aromatic ring is 1. The van der Waals surface area contributed by atoms with E-state index in [9.17, 15) is 9.90 Å². The minimum Gasteiger partial charge on any atom is -0.505 e. The van der Waals surface area contributed by atoms with Crippen molar-refractivity contribution < 1.29 is 14.6 Å². The third kappa shape index (κ3) is 1.79. The predicted octanol–water partition coefficient (Wildman–Crippen LogP) is 1.25. The first-order valence-corrected chi connectivity index (χ1v) is 4.23. The van der Waals surface area contributed by atoms with Crippen LogP contribution in [0.1, 0.15) is 18.4 Å². The van der Waals surface area contributed by atoms with Gasteiger partial charge in [-0.05, 0) is 13.0 Å². The van der Waals surface area contributed by atoms with E-state index in [4.69, 9.17) is 5.73 Å². The summed E-state index contributed by atoms with van der Waals surface area (Å²) in [5.74, 6) is -0.959. The molecule has 0 saturated carbocycles. The predicted molar refractivity (Wildman–Crippen MR) is 53.0 cm³/mol. The average molecular weight is 195 g/mol. The van der Waals surface area contributed by atoms with E-state index in [2.05, 4.69) is 4.74 Å². The highest BCUT2D eigenvalue weighted by Crippen LogP contribution is 2.31. The smallest absolute Gasteiger partial charge is 0.312 e. The largest absolute Gasteiger partial charge is 0.505 e. The molecule has 1 atom stereocenters. The number of hydrogen-bond donors (Lipinski definition) is 2. The maximum atomic E-state index is 11.2. The fraction of sp³-hybridized carbons (Fsp3) is 0.300. The minimum absolute atomic E-state index is 0.0506. The molecule has 0 aliphatic heterocycles. The quantitative estimate of drug-likeness (QED) is 0.423. The lowest BCUT2D eigenvalue weighted by Crippen LogP contribution is -2.11. The SMILES string of the molecule is COC(=O)C(C)c1cccc(N)c1O. The maximum absolute atomic E-state index is 11.2. The van der Waals surface area contributed by atoms with Gasteiger partial charge in [-0.3, -0.25) is 4.79 Å². The molecule has 0 aliphatic carbocycles. The third-order valence-electron chi connectivity index (χ3n) is 2.12. The van der Waals surface area contributed by atoms with Crippen LogP contribution in [0, 0.1) is 0 Å². The van der Waals surface area contributed by atoms with Crippen LogP contribution in [0.3, 0.4) is 0 Å². The molecular weight excluding hydrogens is 182 g/mol. The summed E-state index contributed by atoms with van der Waals surface area (Å²) in [6.45, 7) is 1.65. The lowest BCUT2D eigenvalue weighted by atomic mass is 9.99. The Bertz CT molecular complexity index is 349. The number of para-hydroxylation sites is 1. The number of phenols is 1. The molecular formula is C10H13NO3. The van der Waals surface area contributed by atoms with Crippen molar-refractivity contribution in [2.24, 2.45) is 0 Å². The Morgan fingerprint density at radius 3 is 2.79 bits per heavy atom. The monoisotopic (exact) mass is 195 g/mol. The summed E-state index contributed by atoms with van der Waals surface area (Å²) in [6, 6.07) is 4.90. The lowest BCUT2D eigenvalue weighted by molar-refractivity contribution is -0.142. The van der Waals surface area contributed by atoms with Crippen LogP contribution >= 0.6 is 0 Å². The second-order valence-electron chi connectivity index (χ2n) is 3.03. The van der Waals surface area contributed by atoms with Crippen molar-refractivity contribution >= 4 is 11.7 Å². The summed E-state index contributed by atoms with van der Waals surface area (Å²) in [7, 11) is 1.31. The van der Waals surface area contributed by atoms with Crippen molar-refractivity contribution in [3.05, 3.63) is 23.8 Å². The molecule has 1 aromatic carbocycles.